The number of benzene rings is 1. The van der Waals surface area contributed by atoms with Gasteiger partial charge in [-0.2, -0.15) is 0 Å². The molecule has 0 aliphatic carbocycles. The first kappa shape index (κ1) is 19.7. The second-order valence-corrected chi connectivity index (χ2v) is 7.06. The maximum atomic E-state index is 11.6. The number of hydrogen-bond acceptors (Lipinski definition) is 5. The molecule has 1 aromatic heterocycles. The number of carboxylic acids is 1. The summed E-state index contributed by atoms with van der Waals surface area (Å²) in [5.41, 5.74) is 0.523. The molecule has 2 atom stereocenters. The number of rotatable bonds is 6. The number of carbonyl (C=O) groups excluding carboxylic acids is 1. The molecule has 8 heteroatoms. The Labute approximate surface area is 150 Å². The van der Waals surface area contributed by atoms with Crippen LogP contribution < -0.4 is 5.32 Å². The summed E-state index contributed by atoms with van der Waals surface area (Å²) in [5.74, 6) is -1.07. The maximum absolute atomic E-state index is 11.6. The zero-order valence-corrected chi connectivity index (χ0v) is 14.9. The normalized spacial score (nSPS) is 14.0. The van der Waals surface area contributed by atoms with Crippen molar-refractivity contribution >= 4 is 23.0 Å². The lowest BCUT2D eigenvalue weighted by Crippen LogP contribution is -2.34. The molecule has 1 aromatic carbocycles. The van der Waals surface area contributed by atoms with E-state index in [1.54, 1.807) is 39.0 Å². The number of carboxylic acid groups (broad SMARTS) is 1. The van der Waals surface area contributed by atoms with E-state index in [2.05, 4.69) is 10.3 Å². The molecule has 8 nitrogen and oxygen atoms in total. The van der Waals surface area contributed by atoms with Crippen LogP contribution in [0.5, 0.6) is 0 Å². The molecule has 0 saturated carbocycles. The summed E-state index contributed by atoms with van der Waals surface area (Å²) < 4.78 is 5.09. The first-order valence-electron chi connectivity index (χ1n) is 8.26. The van der Waals surface area contributed by atoms with Crippen LogP contribution in [0.15, 0.2) is 24.3 Å². The van der Waals surface area contributed by atoms with Crippen LogP contribution in [0.3, 0.4) is 0 Å². The highest BCUT2D eigenvalue weighted by atomic mass is 16.6. The van der Waals surface area contributed by atoms with E-state index in [-0.39, 0.29) is 18.7 Å². The molecule has 2 aromatic rings. The molecule has 1 heterocycles. The largest absolute Gasteiger partial charge is 0.477 e. The Morgan fingerprint density at radius 1 is 1.23 bits per heavy atom. The van der Waals surface area contributed by atoms with Crippen molar-refractivity contribution in [1.82, 2.24) is 10.3 Å². The zero-order chi connectivity index (χ0) is 19.5. The number of aromatic amines is 1. The van der Waals surface area contributed by atoms with Crippen LogP contribution in [0, 0.1) is 0 Å². The van der Waals surface area contributed by atoms with Gasteiger partial charge >= 0.3 is 12.1 Å². The Balaban J connectivity index is 1.95. The van der Waals surface area contributed by atoms with Crippen molar-refractivity contribution in [1.29, 1.82) is 0 Å². The fourth-order valence-electron chi connectivity index (χ4n) is 2.47. The number of fused-ring (bicyclic) bond motifs is 1. The van der Waals surface area contributed by atoms with Gasteiger partial charge in [0.05, 0.1) is 6.10 Å². The van der Waals surface area contributed by atoms with Gasteiger partial charge in [0.2, 0.25) is 0 Å². The second kappa shape index (κ2) is 7.76. The highest BCUT2D eigenvalue weighted by molar-refractivity contribution is 5.93. The van der Waals surface area contributed by atoms with Gasteiger partial charge in [-0.3, -0.25) is 0 Å². The molecule has 1 amide bonds. The summed E-state index contributed by atoms with van der Waals surface area (Å²) in [7, 11) is 0. The summed E-state index contributed by atoms with van der Waals surface area (Å²) in [6, 6.07) is 6.34. The molecule has 26 heavy (non-hydrogen) atoms. The van der Waals surface area contributed by atoms with Crippen molar-refractivity contribution in [2.24, 2.45) is 0 Å². The molecule has 0 fully saturated rings. The lowest BCUT2D eigenvalue weighted by molar-refractivity contribution is 0.0124. The van der Waals surface area contributed by atoms with Gasteiger partial charge in [-0.05, 0) is 51.0 Å². The average molecular weight is 364 g/mol. The molecular formula is C18H24N2O6. The number of alkyl carbamates (subject to hydrolysis) is 1. The number of aromatic carboxylic acids is 1. The first-order chi connectivity index (χ1) is 12.1. The smallest absolute Gasteiger partial charge is 0.407 e. The molecule has 0 saturated heterocycles. The molecule has 2 rings (SSSR count). The van der Waals surface area contributed by atoms with Crippen LogP contribution in [0.1, 0.15) is 49.3 Å². The number of carbonyl (C=O) groups is 2. The predicted molar refractivity (Wildman–Crippen MR) is 95.1 cm³/mol. The minimum atomic E-state index is -1.16. The highest BCUT2D eigenvalue weighted by Gasteiger charge is 2.20. The fourth-order valence-corrected chi connectivity index (χ4v) is 2.47. The number of amides is 1. The topological polar surface area (TPSA) is 132 Å². The number of H-pyrrole nitrogens is 1. The summed E-state index contributed by atoms with van der Waals surface area (Å²) in [6.45, 7) is 5.39. The van der Waals surface area contributed by atoms with Gasteiger partial charge in [-0.25, -0.2) is 9.59 Å². The number of aromatic nitrogens is 1. The minimum Gasteiger partial charge on any atom is -0.477 e. The summed E-state index contributed by atoms with van der Waals surface area (Å²) >= 11 is 0. The van der Waals surface area contributed by atoms with E-state index in [1.165, 1.54) is 6.07 Å². The molecule has 5 N–H and O–H groups in total. The van der Waals surface area contributed by atoms with E-state index in [0.717, 1.165) is 0 Å². The third kappa shape index (κ3) is 5.21. The van der Waals surface area contributed by atoms with Crippen LogP contribution in [0.25, 0.3) is 10.9 Å². The Kier molecular flexibility index (Phi) is 5.89. The van der Waals surface area contributed by atoms with E-state index in [4.69, 9.17) is 9.84 Å². The Hall–Kier alpha value is -2.58. The molecule has 0 radical (unpaired) electrons. The quantitative estimate of drug-likeness (QED) is 0.534. The summed E-state index contributed by atoms with van der Waals surface area (Å²) in [4.78, 5) is 25.3. The fraction of sp³-hybridized carbons (Fsp3) is 0.444. The molecule has 2 unspecified atom stereocenters. The van der Waals surface area contributed by atoms with Crippen molar-refractivity contribution < 1.29 is 29.6 Å². The lowest BCUT2D eigenvalue weighted by Gasteiger charge is -2.21. The van der Waals surface area contributed by atoms with E-state index >= 15 is 0 Å². The van der Waals surface area contributed by atoms with E-state index in [0.29, 0.717) is 16.5 Å². The van der Waals surface area contributed by atoms with Gasteiger partial charge in [0.25, 0.3) is 0 Å². The van der Waals surface area contributed by atoms with Crippen LogP contribution in [-0.2, 0) is 4.74 Å². The third-order valence-corrected chi connectivity index (χ3v) is 3.69. The predicted octanol–water partition coefficient (Wildman–Crippen LogP) is 2.18. The van der Waals surface area contributed by atoms with Gasteiger partial charge < -0.3 is 30.4 Å². The van der Waals surface area contributed by atoms with Crippen LogP contribution in [-0.4, -0.2) is 50.6 Å². The first-order valence-corrected chi connectivity index (χ1v) is 8.26. The lowest BCUT2D eigenvalue weighted by atomic mass is 10.0. The third-order valence-electron chi connectivity index (χ3n) is 3.69. The number of aliphatic hydroxyl groups is 2. The van der Waals surface area contributed by atoms with Crippen molar-refractivity contribution in [3.05, 3.63) is 35.5 Å². The Bertz CT molecular complexity index is 793. The van der Waals surface area contributed by atoms with Crippen molar-refractivity contribution in [2.45, 2.75) is 45.0 Å². The highest BCUT2D eigenvalue weighted by Crippen LogP contribution is 2.24. The van der Waals surface area contributed by atoms with Crippen molar-refractivity contribution in [3.8, 4) is 0 Å². The molecular weight excluding hydrogens is 340 g/mol. The average Bonchev–Trinajstić information content (AvgIpc) is 2.95. The van der Waals surface area contributed by atoms with Gasteiger partial charge in [0, 0.05) is 17.4 Å². The molecule has 0 aliphatic rings. The standard InChI is InChI=1S/C18H24N2O6/c1-18(2,3)26-17(25)19-7-6-14(21)15(22)10-4-5-12-11(8-10)9-13(20-12)16(23)24/h4-5,8-9,14-15,20-22H,6-7H2,1-3H3,(H,19,25)(H,23,24). The Morgan fingerprint density at radius 3 is 2.54 bits per heavy atom. The molecule has 0 aliphatic heterocycles. The van der Waals surface area contributed by atoms with Gasteiger partial charge in [-0.15, -0.1) is 0 Å². The molecule has 142 valence electrons. The molecule has 0 spiro atoms. The van der Waals surface area contributed by atoms with Gasteiger partial charge in [0.15, 0.2) is 0 Å². The summed E-state index contributed by atoms with van der Waals surface area (Å²) in [5, 5.41) is 32.6. The van der Waals surface area contributed by atoms with Gasteiger partial charge in [-0.1, -0.05) is 6.07 Å². The number of hydrogen-bond donors (Lipinski definition) is 5. The zero-order valence-electron chi connectivity index (χ0n) is 14.9. The Morgan fingerprint density at radius 2 is 1.92 bits per heavy atom. The van der Waals surface area contributed by atoms with Crippen LogP contribution >= 0.6 is 0 Å². The van der Waals surface area contributed by atoms with Crippen LogP contribution in [0.2, 0.25) is 0 Å². The number of ether oxygens (including phenoxy) is 1. The summed E-state index contributed by atoms with van der Waals surface area (Å²) in [6.07, 6.45) is -2.72. The molecule has 0 bridgehead atoms. The minimum absolute atomic E-state index is 0.0498. The monoisotopic (exact) mass is 364 g/mol. The van der Waals surface area contributed by atoms with Gasteiger partial charge in [0.1, 0.15) is 17.4 Å². The van der Waals surface area contributed by atoms with E-state index in [9.17, 15) is 19.8 Å². The SMILES string of the molecule is CC(C)(C)OC(=O)NCCC(O)C(O)c1ccc2[nH]c(C(=O)O)cc2c1. The maximum Gasteiger partial charge on any atom is 0.407 e. The van der Waals surface area contributed by atoms with E-state index < -0.39 is 29.9 Å². The van der Waals surface area contributed by atoms with E-state index in [1.807, 2.05) is 0 Å². The number of nitrogens with one attached hydrogen (secondary N) is 2. The number of aliphatic hydroxyl groups excluding tert-OH is 2. The second-order valence-electron chi connectivity index (χ2n) is 7.06. The van der Waals surface area contributed by atoms with Crippen LogP contribution in [0.4, 0.5) is 4.79 Å². The van der Waals surface area contributed by atoms with Crippen molar-refractivity contribution in [3.63, 3.8) is 0 Å². The van der Waals surface area contributed by atoms with Crippen molar-refractivity contribution in [2.75, 3.05) is 6.54 Å².